The third-order valence-electron chi connectivity index (χ3n) is 4.09. The van der Waals surface area contributed by atoms with Gasteiger partial charge in [-0.05, 0) is 42.8 Å². The van der Waals surface area contributed by atoms with E-state index in [0.717, 1.165) is 10.6 Å². The van der Waals surface area contributed by atoms with Gasteiger partial charge in [-0.1, -0.05) is 12.1 Å². The summed E-state index contributed by atoms with van der Waals surface area (Å²) in [7, 11) is 0. The second-order valence-electron chi connectivity index (χ2n) is 6.33. The maximum absolute atomic E-state index is 13.4. The second-order valence-corrected chi connectivity index (χ2v) is 6.33. The molecule has 142 valence electrons. The number of hydrogen-bond acceptors (Lipinski definition) is 2. The van der Waals surface area contributed by atoms with Crippen molar-refractivity contribution in [2.24, 2.45) is 0 Å². The average molecular weight is 379 g/mol. The molecule has 0 aliphatic heterocycles. The number of fused-ring (bicyclic) bond motifs is 1. The van der Waals surface area contributed by atoms with Crippen molar-refractivity contribution in [3.05, 3.63) is 65.7 Å². The largest absolute Gasteiger partial charge is 0.431 e. The Hall–Kier alpha value is -2.90. The fraction of sp³-hybridized carbons (Fsp3) is 0.263. The first-order chi connectivity index (χ1) is 12.7. The first kappa shape index (κ1) is 18.9. The third kappa shape index (κ3) is 4.45. The third-order valence-corrected chi connectivity index (χ3v) is 4.09. The van der Waals surface area contributed by atoms with Gasteiger partial charge in [-0.3, -0.25) is 4.79 Å². The molecule has 1 amide bonds. The van der Waals surface area contributed by atoms with Crippen molar-refractivity contribution in [3.8, 4) is 0 Å². The van der Waals surface area contributed by atoms with Gasteiger partial charge in [0.1, 0.15) is 17.2 Å². The highest BCUT2D eigenvalue weighted by atomic mass is 19.4. The molecule has 0 fully saturated rings. The molecule has 0 spiro atoms. The van der Waals surface area contributed by atoms with E-state index in [0.29, 0.717) is 10.9 Å². The number of halogens is 4. The molecule has 0 aliphatic rings. The number of carbonyl (C=O) groups is 1. The number of nitrogens with zero attached hydrogens (tertiary/aromatic N) is 2. The van der Waals surface area contributed by atoms with E-state index in [1.807, 2.05) is 0 Å². The van der Waals surface area contributed by atoms with Gasteiger partial charge >= 0.3 is 6.18 Å². The van der Waals surface area contributed by atoms with Gasteiger partial charge in [0, 0.05) is 24.2 Å². The summed E-state index contributed by atoms with van der Waals surface area (Å²) in [5.74, 6) is -0.758. The van der Waals surface area contributed by atoms with E-state index in [4.69, 9.17) is 0 Å². The zero-order valence-electron chi connectivity index (χ0n) is 14.4. The average Bonchev–Trinajstić information content (AvgIpc) is 2.96. The summed E-state index contributed by atoms with van der Waals surface area (Å²) in [6.07, 6.45) is -3.09. The van der Waals surface area contributed by atoms with Crippen LogP contribution in [-0.4, -0.2) is 21.5 Å². The molecule has 2 aromatic heterocycles. The summed E-state index contributed by atoms with van der Waals surface area (Å²) in [6.45, 7) is 1.54. The Morgan fingerprint density at radius 3 is 2.59 bits per heavy atom. The molecule has 0 unspecified atom stereocenters. The molecule has 8 heteroatoms. The molecule has 1 aromatic carbocycles. The van der Waals surface area contributed by atoms with Gasteiger partial charge in [0.25, 0.3) is 0 Å². The van der Waals surface area contributed by atoms with Crippen LogP contribution in [0.2, 0.25) is 0 Å². The van der Waals surface area contributed by atoms with Gasteiger partial charge in [-0.25, -0.2) is 9.37 Å². The number of hydrogen-bond donors (Lipinski definition) is 1. The first-order valence-corrected chi connectivity index (χ1v) is 8.29. The van der Waals surface area contributed by atoms with E-state index in [2.05, 4.69) is 10.3 Å². The van der Waals surface area contributed by atoms with Crippen molar-refractivity contribution in [3.63, 3.8) is 0 Å². The van der Waals surface area contributed by atoms with E-state index >= 15 is 0 Å². The van der Waals surface area contributed by atoms with Crippen LogP contribution in [0, 0.1) is 5.82 Å². The highest BCUT2D eigenvalue weighted by Crippen LogP contribution is 2.33. The molecule has 0 bridgehead atoms. The lowest BCUT2D eigenvalue weighted by Crippen LogP contribution is -2.37. The van der Waals surface area contributed by atoms with Crippen molar-refractivity contribution >= 4 is 16.9 Å². The smallest absolute Gasteiger partial charge is 0.352 e. The lowest BCUT2D eigenvalue weighted by molar-refractivity contribution is -0.143. The zero-order chi connectivity index (χ0) is 19.6. The first-order valence-electron chi connectivity index (χ1n) is 8.29. The van der Waals surface area contributed by atoms with E-state index in [9.17, 15) is 22.4 Å². The topological polar surface area (TPSA) is 46.9 Å². The number of benzene rings is 1. The molecule has 3 rings (SSSR count). The van der Waals surface area contributed by atoms with E-state index in [1.165, 1.54) is 30.5 Å². The quantitative estimate of drug-likeness (QED) is 0.683. The van der Waals surface area contributed by atoms with Crippen LogP contribution in [0.3, 0.4) is 0 Å². The van der Waals surface area contributed by atoms with Gasteiger partial charge < -0.3 is 9.88 Å². The fourth-order valence-electron chi connectivity index (χ4n) is 2.94. The molecule has 2 heterocycles. The SMILES string of the molecule is C[C@@H](Cn1c(C(F)(F)F)cc2cccnc21)NC(=O)Cc1ccc(F)cc1. The zero-order valence-corrected chi connectivity index (χ0v) is 14.4. The Morgan fingerprint density at radius 1 is 1.22 bits per heavy atom. The minimum atomic E-state index is -4.53. The van der Waals surface area contributed by atoms with Gasteiger partial charge in [0.05, 0.1) is 6.42 Å². The van der Waals surface area contributed by atoms with Crippen molar-refractivity contribution in [2.75, 3.05) is 0 Å². The molecule has 1 N–H and O–H groups in total. The van der Waals surface area contributed by atoms with Crippen LogP contribution in [0.15, 0.2) is 48.7 Å². The van der Waals surface area contributed by atoms with E-state index in [-0.39, 0.29) is 24.5 Å². The highest BCUT2D eigenvalue weighted by molar-refractivity contribution is 5.79. The lowest BCUT2D eigenvalue weighted by Gasteiger charge is -2.18. The molecule has 0 saturated heterocycles. The van der Waals surface area contributed by atoms with Gasteiger partial charge in [-0.2, -0.15) is 13.2 Å². The van der Waals surface area contributed by atoms with Crippen molar-refractivity contribution in [2.45, 2.75) is 32.1 Å². The van der Waals surface area contributed by atoms with Crippen molar-refractivity contribution < 1.29 is 22.4 Å². The van der Waals surface area contributed by atoms with Crippen molar-refractivity contribution in [1.82, 2.24) is 14.9 Å². The predicted octanol–water partition coefficient (Wildman–Crippen LogP) is 3.94. The van der Waals surface area contributed by atoms with E-state index in [1.54, 1.807) is 19.1 Å². The summed E-state index contributed by atoms with van der Waals surface area (Å²) in [6, 6.07) is 9.10. The van der Waals surface area contributed by atoms with Crippen LogP contribution >= 0.6 is 0 Å². The minimum absolute atomic E-state index is 0.0153. The Balaban J connectivity index is 1.74. The van der Waals surface area contributed by atoms with Crippen molar-refractivity contribution in [1.29, 1.82) is 0 Å². The van der Waals surface area contributed by atoms with Crippen LogP contribution < -0.4 is 5.32 Å². The summed E-state index contributed by atoms with van der Waals surface area (Å²) >= 11 is 0. The summed E-state index contributed by atoms with van der Waals surface area (Å²) < 4.78 is 54.0. The fourth-order valence-corrected chi connectivity index (χ4v) is 2.94. The molecule has 0 aliphatic carbocycles. The number of rotatable bonds is 5. The molecule has 4 nitrogen and oxygen atoms in total. The predicted molar refractivity (Wildman–Crippen MR) is 92.4 cm³/mol. The Morgan fingerprint density at radius 2 is 1.93 bits per heavy atom. The Kier molecular flexibility index (Phi) is 5.16. The molecule has 0 radical (unpaired) electrons. The molecule has 3 aromatic rings. The van der Waals surface area contributed by atoms with Crippen LogP contribution in [-0.2, 0) is 23.9 Å². The van der Waals surface area contributed by atoms with Crippen LogP contribution in [0.4, 0.5) is 17.6 Å². The number of aromatic nitrogens is 2. The number of nitrogens with one attached hydrogen (secondary N) is 1. The van der Waals surface area contributed by atoms with E-state index < -0.39 is 23.7 Å². The molecule has 0 saturated carbocycles. The Bertz CT molecular complexity index is 948. The van der Waals surface area contributed by atoms with Crippen LogP contribution in [0.25, 0.3) is 11.0 Å². The summed E-state index contributed by atoms with van der Waals surface area (Å²) in [5.41, 5.74) is 0.0189. The maximum atomic E-state index is 13.4. The maximum Gasteiger partial charge on any atom is 0.431 e. The van der Waals surface area contributed by atoms with Gasteiger partial charge in [0.2, 0.25) is 5.91 Å². The highest BCUT2D eigenvalue weighted by Gasteiger charge is 2.36. The normalized spacial score (nSPS) is 12.9. The molecule has 1 atom stereocenters. The second kappa shape index (κ2) is 7.38. The number of amides is 1. The molecule has 27 heavy (non-hydrogen) atoms. The summed E-state index contributed by atoms with van der Waals surface area (Å²) in [5, 5.41) is 3.06. The number of pyridine rings is 1. The summed E-state index contributed by atoms with van der Waals surface area (Å²) in [4.78, 5) is 16.2. The number of carbonyl (C=O) groups excluding carboxylic acids is 1. The standard InChI is InChI=1S/C19H17F4N3O/c1-12(25-17(27)9-13-4-6-15(20)7-5-13)11-26-16(19(21,22)23)10-14-3-2-8-24-18(14)26/h2-8,10,12H,9,11H2,1H3,(H,25,27)/t12-/m0/s1. The van der Waals surface area contributed by atoms with Crippen LogP contribution in [0.1, 0.15) is 18.2 Å². The minimum Gasteiger partial charge on any atom is -0.352 e. The molecular formula is C19H17F4N3O. The molecular weight excluding hydrogens is 362 g/mol. The van der Waals surface area contributed by atoms with Crippen LogP contribution in [0.5, 0.6) is 0 Å². The Labute approximate surface area is 152 Å². The number of alkyl halides is 3. The van der Waals surface area contributed by atoms with Gasteiger partial charge in [-0.15, -0.1) is 0 Å². The lowest BCUT2D eigenvalue weighted by atomic mass is 10.1. The monoisotopic (exact) mass is 379 g/mol. The van der Waals surface area contributed by atoms with Gasteiger partial charge in [0.15, 0.2) is 0 Å².